The fourth-order valence-electron chi connectivity index (χ4n) is 0.925. The number of hydrogen-bond donors (Lipinski definition) is 2. The summed E-state index contributed by atoms with van der Waals surface area (Å²) in [6.07, 6.45) is 1.70. The van der Waals surface area contributed by atoms with Gasteiger partial charge in [-0.2, -0.15) is 0 Å². The Labute approximate surface area is 85.2 Å². The first-order chi connectivity index (χ1) is 6.74. The van der Waals surface area contributed by atoms with E-state index >= 15 is 0 Å². The summed E-state index contributed by atoms with van der Waals surface area (Å²) in [4.78, 5) is 9.11. The summed E-state index contributed by atoms with van der Waals surface area (Å²) in [7, 11) is 0. The zero-order chi connectivity index (χ0) is 9.97. The summed E-state index contributed by atoms with van der Waals surface area (Å²) >= 11 is 1.45. The molecule has 72 valence electrons. The van der Waals surface area contributed by atoms with Crippen molar-refractivity contribution >= 4 is 17.6 Å². The van der Waals surface area contributed by atoms with Gasteiger partial charge in [0.05, 0.1) is 0 Å². The number of nitrogen functional groups attached to an aromatic ring is 1. The largest absolute Gasteiger partial charge is 0.384 e. The minimum atomic E-state index is 0.514. The van der Waals surface area contributed by atoms with Crippen LogP contribution in [-0.2, 0) is 0 Å². The first-order valence-electron chi connectivity index (χ1n) is 4.02. The number of nitrogens with one attached hydrogen (secondary N) is 1. The summed E-state index contributed by atoms with van der Waals surface area (Å²) in [5, 5.41) is 7.46. The standard InChI is InChI=1S/C8H9N5S/c1-5-11-8(13-12-5)14-6-2-3-7(9)10-4-6/h2-4H,1H3,(H2,9,10)(H,11,12,13). The van der Waals surface area contributed by atoms with E-state index in [4.69, 9.17) is 5.73 Å². The molecule has 6 heteroatoms. The molecule has 0 saturated carbocycles. The van der Waals surface area contributed by atoms with Crippen molar-refractivity contribution in [2.45, 2.75) is 17.0 Å². The van der Waals surface area contributed by atoms with E-state index in [9.17, 15) is 0 Å². The average molecular weight is 207 g/mol. The third-order valence-corrected chi connectivity index (χ3v) is 2.39. The van der Waals surface area contributed by atoms with Gasteiger partial charge < -0.3 is 5.73 Å². The second-order valence-corrected chi connectivity index (χ2v) is 3.76. The molecular formula is C8H9N5S. The topological polar surface area (TPSA) is 80.5 Å². The van der Waals surface area contributed by atoms with Gasteiger partial charge in [0, 0.05) is 11.1 Å². The van der Waals surface area contributed by atoms with Crippen LogP contribution in [0.4, 0.5) is 5.82 Å². The van der Waals surface area contributed by atoms with Crippen LogP contribution in [0.15, 0.2) is 28.4 Å². The maximum Gasteiger partial charge on any atom is 0.213 e. The molecule has 0 spiro atoms. The Hall–Kier alpha value is -1.56. The molecule has 2 aromatic heterocycles. The third-order valence-electron chi connectivity index (χ3n) is 1.55. The monoisotopic (exact) mass is 207 g/mol. The predicted octanol–water partition coefficient (Wildman–Crippen LogP) is 1.24. The van der Waals surface area contributed by atoms with Crippen LogP contribution in [0.2, 0.25) is 0 Å². The smallest absolute Gasteiger partial charge is 0.213 e. The van der Waals surface area contributed by atoms with Gasteiger partial charge in [0.2, 0.25) is 5.16 Å². The highest BCUT2D eigenvalue weighted by atomic mass is 32.2. The Balaban J connectivity index is 2.15. The molecule has 2 heterocycles. The van der Waals surface area contributed by atoms with E-state index in [-0.39, 0.29) is 0 Å². The van der Waals surface area contributed by atoms with E-state index in [0.717, 1.165) is 10.7 Å². The normalized spacial score (nSPS) is 10.4. The highest BCUT2D eigenvalue weighted by Gasteiger charge is 2.02. The lowest BCUT2D eigenvalue weighted by Crippen LogP contribution is -1.88. The fraction of sp³-hybridized carbons (Fsp3) is 0.125. The zero-order valence-corrected chi connectivity index (χ0v) is 8.38. The number of aryl methyl sites for hydroxylation is 1. The van der Waals surface area contributed by atoms with Gasteiger partial charge in [0.15, 0.2) is 0 Å². The number of H-pyrrole nitrogens is 1. The van der Waals surface area contributed by atoms with Gasteiger partial charge in [-0.25, -0.2) is 9.97 Å². The minimum absolute atomic E-state index is 0.514. The molecular weight excluding hydrogens is 198 g/mol. The maximum atomic E-state index is 5.47. The number of nitrogens with zero attached hydrogens (tertiary/aromatic N) is 3. The number of pyridine rings is 1. The number of rotatable bonds is 2. The molecule has 0 bridgehead atoms. The van der Waals surface area contributed by atoms with Gasteiger partial charge in [0.25, 0.3) is 0 Å². The molecule has 2 aromatic rings. The van der Waals surface area contributed by atoms with Crippen LogP contribution in [0.1, 0.15) is 5.82 Å². The van der Waals surface area contributed by atoms with E-state index in [1.165, 1.54) is 11.8 Å². The highest BCUT2D eigenvalue weighted by Crippen LogP contribution is 2.23. The first-order valence-corrected chi connectivity index (χ1v) is 4.84. The summed E-state index contributed by atoms with van der Waals surface area (Å²) < 4.78 is 0. The number of anilines is 1. The third kappa shape index (κ3) is 2.02. The lowest BCUT2D eigenvalue weighted by atomic mass is 10.5. The molecule has 0 aliphatic carbocycles. The van der Waals surface area contributed by atoms with E-state index in [1.807, 2.05) is 13.0 Å². The summed E-state index contributed by atoms with van der Waals surface area (Å²) in [5.74, 6) is 1.32. The van der Waals surface area contributed by atoms with Crippen LogP contribution in [0.5, 0.6) is 0 Å². The minimum Gasteiger partial charge on any atom is -0.384 e. The first kappa shape index (κ1) is 9.01. The van der Waals surface area contributed by atoms with Crippen molar-refractivity contribution in [1.29, 1.82) is 0 Å². The molecule has 0 aliphatic rings. The van der Waals surface area contributed by atoms with E-state index in [1.54, 1.807) is 12.3 Å². The van der Waals surface area contributed by atoms with E-state index in [0.29, 0.717) is 11.0 Å². The Morgan fingerprint density at radius 3 is 2.86 bits per heavy atom. The van der Waals surface area contributed by atoms with Crippen molar-refractivity contribution in [3.8, 4) is 0 Å². The molecule has 0 aliphatic heterocycles. The summed E-state index contributed by atoms with van der Waals surface area (Å²) in [6.45, 7) is 1.86. The van der Waals surface area contributed by atoms with Crippen LogP contribution >= 0.6 is 11.8 Å². The van der Waals surface area contributed by atoms with Crippen molar-refractivity contribution in [1.82, 2.24) is 20.2 Å². The molecule has 2 rings (SSSR count). The van der Waals surface area contributed by atoms with Crippen molar-refractivity contribution in [2.24, 2.45) is 0 Å². The fourth-order valence-corrected chi connectivity index (χ4v) is 1.65. The van der Waals surface area contributed by atoms with Crippen molar-refractivity contribution in [3.05, 3.63) is 24.2 Å². The Kier molecular flexibility index (Phi) is 2.36. The SMILES string of the molecule is Cc1nc(Sc2ccc(N)nc2)n[nH]1. The molecule has 0 fully saturated rings. The van der Waals surface area contributed by atoms with Crippen molar-refractivity contribution in [2.75, 3.05) is 5.73 Å². The maximum absolute atomic E-state index is 5.47. The van der Waals surface area contributed by atoms with Crippen LogP contribution in [-0.4, -0.2) is 20.2 Å². The van der Waals surface area contributed by atoms with Gasteiger partial charge in [-0.1, -0.05) is 0 Å². The van der Waals surface area contributed by atoms with E-state index in [2.05, 4.69) is 20.2 Å². The van der Waals surface area contributed by atoms with Gasteiger partial charge >= 0.3 is 0 Å². The quantitative estimate of drug-likeness (QED) is 0.774. The molecule has 3 N–H and O–H groups in total. The molecule has 0 aromatic carbocycles. The zero-order valence-electron chi connectivity index (χ0n) is 7.56. The molecule has 0 unspecified atom stereocenters. The number of aromatic amines is 1. The lowest BCUT2D eigenvalue weighted by Gasteiger charge is -1.95. The van der Waals surface area contributed by atoms with Crippen molar-refractivity contribution in [3.63, 3.8) is 0 Å². The summed E-state index contributed by atoms with van der Waals surface area (Å²) in [5.41, 5.74) is 5.47. The second kappa shape index (κ2) is 3.67. The van der Waals surface area contributed by atoms with Gasteiger partial charge in [-0.15, -0.1) is 5.10 Å². The Morgan fingerprint density at radius 1 is 1.43 bits per heavy atom. The highest BCUT2D eigenvalue weighted by molar-refractivity contribution is 7.99. The van der Waals surface area contributed by atoms with Crippen LogP contribution in [0.25, 0.3) is 0 Å². The summed E-state index contributed by atoms with van der Waals surface area (Å²) in [6, 6.07) is 3.64. The Bertz CT molecular complexity index is 422. The number of nitrogens with two attached hydrogens (primary N) is 1. The van der Waals surface area contributed by atoms with E-state index < -0.39 is 0 Å². The average Bonchev–Trinajstić information content (AvgIpc) is 2.56. The molecule has 0 atom stereocenters. The molecule has 0 saturated heterocycles. The molecule has 5 nitrogen and oxygen atoms in total. The van der Waals surface area contributed by atoms with Gasteiger partial charge in [-0.3, -0.25) is 5.10 Å². The number of aromatic nitrogens is 4. The second-order valence-electron chi connectivity index (χ2n) is 2.72. The van der Waals surface area contributed by atoms with Crippen molar-refractivity contribution < 1.29 is 0 Å². The van der Waals surface area contributed by atoms with Crippen LogP contribution < -0.4 is 5.73 Å². The lowest BCUT2D eigenvalue weighted by molar-refractivity contribution is 0.969. The van der Waals surface area contributed by atoms with Gasteiger partial charge in [-0.05, 0) is 30.8 Å². The van der Waals surface area contributed by atoms with Crippen LogP contribution in [0.3, 0.4) is 0 Å². The molecule has 0 amide bonds. The Morgan fingerprint density at radius 2 is 2.29 bits per heavy atom. The molecule has 14 heavy (non-hydrogen) atoms. The number of hydrogen-bond acceptors (Lipinski definition) is 5. The molecule has 0 radical (unpaired) electrons. The predicted molar refractivity (Wildman–Crippen MR) is 53.9 cm³/mol. The van der Waals surface area contributed by atoms with Gasteiger partial charge in [0.1, 0.15) is 11.6 Å². The van der Waals surface area contributed by atoms with Crippen LogP contribution in [0, 0.1) is 6.92 Å².